The monoisotopic (exact) mass is 314 g/mol. The van der Waals surface area contributed by atoms with Crippen LogP contribution in [0.2, 0.25) is 0 Å². The largest absolute Gasteiger partial charge is 0.341 e. The normalized spacial score (nSPS) is 17.2. The molecule has 1 amide bonds. The van der Waals surface area contributed by atoms with E-state index in [2.05, 4.69) is 10.1 Å². The third kappa shape index (κ3) is 3.76. The third-order valence-corrected chi connectivity index (χ3v) is 4.33. The number of nitrogens with two attached hydrogens (primary N) is 1. The maximum absolute atomic E-state index is 12.5. The maximum Gasteiger partial charge on any atom is 0.239 e. The Morgan fingerprint density at radius 3 is 2.65 bits per heavy atom. The van der Waals surface area contributed by atoms with E-state index in [1.165, 1.54) is 0 Å². The van der Waals surface area contributed by atoms with E-state index in [4.69, 9.17) is 10.3 Å². The molecule has 0 bridgehead atoms. The van der Waals surface area contributed by atoms with Crippen LogP contribution in [0.15, 0.2) is 34.9 Å². The van der Waals surface area contributed by atoms with Gasteiger partial charge in [-0.3, -0.25) is 4.79 Å². The molecule has 2 heterocycles. The summed E-state index contributed by atoms with van der Waals surface area (Å²) < 4.78 is 5.03. The number of likely N-dealkylation sites (tertiary alicyclic amines) is 1. The highest BCUT2D eigenvalue weighted by molar-refractivity contribution is 5.82. The molecule has 6 nitrogen and oxygen atoms in total. The Labute approximate surface area is 135 Å². The molecule has 1 aliphatic rings. The summed E-state index contributed by atoms with van der Waals surface area (Å²) in [4.78, 5) is 18.6. The van der Waals surface area contributed by atoms with Gasteiger partial charge < -0.3 is 15.2 Å². The molecule has 0 spiro atoms. The van der Waals surface area contributed by atoms with Crippen molar-refractivity contribution in [1.82, 2.24) is 15.0 Å². The number of carbonyl (C=O) groups is 1. The van der Waals surface area contributed by atoms with Crippen molar-refractivity contribution in [1.29, 1.82) is 0 Å². The molecule has 2 aromatic rings. The zero-order chi connectivity index (χ0) is 16.2. The zero-order valence-corrected chi connectivity index (χ0v) is 13.3. The fraction of sp³-hybridized carbons (Fsp3) is 0.471. The highest BCUT2D eigenvalue weighted by Crippen LogP contribution is 2.26. The first kappa shape index (κ1) is 15.7. The Bertz CT molecular complexity index is 648. The maximum atomic E-state index is 12.5. The van der Waals surface area contributed by atoms with Crippen molar-refractivity contribution in [2.75, 3.05) is 13.1 Å². The molecule has 0 saturated carbocycles. The van der Waals surface area contributed by atoms with Gasteiger partial charge in [0.25, 0.3) is 0 Å². The second-order valence-electron chi connectivity index (χ2n) is 6.07. The molecule has 6 heteroatoms. The summed E-state index contributed by atoms with van der Waals surface area (Å²) in [6.45, 7) is 3.18. The van der Waals surface area contributed by atoms with E-state index in [0.29, 0.717) is 25.4 Å². The number of aromatic nitrogens is 2. The summed E-state index contributed by atoms with van der Waals surface area (Å²) in [5.74, 6) is 1.63. The van der Waals surface area contributed by atoms with E-state index in [0.717, 1.165) is 24.2 Å². The summed E-state index contributed by atoms with van der Waals surface area (Å²) in [6.07, 6.45) is 2.27. The predicted molar refractivity (Wildman–Crippen MR) is 85.7 cm³/mol. The summed E-state index contributed by atoms with van der Waals surface area (Å²) in [6, 6.07) is 9.40. The molecule has 1 saturated heterocycles. The number of aryl methyl sites for hydroxylation is 1. The molecule has 1 fully saturated rings. The number of hydrogen-bond donors (Lipinski definition) is 1. The Hall–Kier alpha value is -2.21. The van der Waals surface area contributed by atoms with Crippen molar-refractivity contribution in [2.45, 2.75) is 38.1 Å². The van der Waals surface area contributed by atoms with Gasteiger partial charge in [-0.25, -0.2) is 0 Å². The molecule has 0 unspecified atom stereocenters. The Balaban J connectivity index is 1.53. The summed E-state index contributed by atoms with van der Waals surface area (Å²) in [7, 11) is 0. The van der Waals surface area contributed by atoms with Gasteiger partial charge in [-0.05, 0) is 24.8 Å². The van der Waals surface area contributed by atoms with Crippen LogP contribution >= 0.6 is 0 Å². The number of benzene rings is 1. The Morgan fingerprint density at radius 2 is 2.04 bits per heavy atom. The lowest BCUT2D eigenvalue weighted by atomic mass is 9.95. The summed E-state index contributed by atoms with van der Waals surface area (Å²) in [5.41, 5.74) is 7.19. The topological polar surface area (TPSA) is 85.2 Å². The fourth-order valence-corrected chi connectivity index (χ4v) is 3.03. The molecule has 122 valence electrons. The first-order valence-electron chi connectivity index (χ1n) is 8.02. The van der Waals surface area contributed by atoms with E-state index >= 15 is 0 Å². The van der Waals surface area contributed by atoms with E-state index in [9.17, 15) is 4.79 Å². The molecular formula is C17H22N4O2. The summed E-state index contributed by atoms with van der Waals surface area (Å²) in [5, 5.41) is 3.99. The fourth-order valence-electron chi connectivity index (χ4n) is 3.03. The van der Waals surface area contributed by atoms with Crippen LogP contribution in [0.25, 0.3) is 0 Å². The van der Waals surface area contributed by atoms with Crippen molar-refractivity contribution in [3.8, 4) is 0 Å². The number of nitrogens with zero attached hydrogens (tertiary/aromatic N) is 3. The SMILES string of the molecule is Cc1nc(C2CCN(C(=O)[C@@H](N)Cc3ccccc3)CC2)no1. The Morgan fingerprint density at radius 1 is 1.35 bits per heavy atom. The van der Waals surface area contributed by atoms with Gasteiger partial charge in [0, 0.05) is 25.9 Å². The van der Waals surface area contributed by atoms with Gasteiger partial charge in [0.05, 0.1) is 6.04 Å². The first-order valence-corrected chi connectivity index (χ1v) is 8.02. The number of amides is 1. The van der Waals surface area contributed by atoms with Gasteiger partial charge in [0.1, 0.15) is 0 Å². The molecule has 0 aliphatic carbocycles. The van der Waals surface area contributed by atoms with Gasteiger partial charge >= 0.3 is 0 Å². The molecular weight excluding hydrogens is 292 g/mol. The minimum absolute atomic E-state index is 0.0246. The van der Waals surface area contributed by atoms with Crippen LogP contribution in [0.5, 0.6) is 0 Å². The third-order valence-electron chi connectivity index (χ3n) is 4.33. The van der Waals surface area contributed by atoms with Gasteiger partial charge in [-0.15, -0.1) is 0 Å². The minimum Gasteiger partial charge on any atom is -0.341 e. The average Bonchev–Trinajstić information content (AvgIpc) is 3.02. The first-order chi connectivity index (χ1) is 11.1. The second kappa shape index (κ2) is 6.91. The lowest BCUT2D eigenvalue weighted by molar-refractivity contribution is -0.133. The van der Waals surface area contributed by atoms with Crippen LogP contribution in [-0.4, -0.2) is 40.1 Å². The van der Waals surface area contributed by atoms with Crippen molar-refractivity contribution in [3.63, 3.8) is 0 Å². The van der Waals surface area contributed by atoms with Gasteiger partial charge in [-0.1, -0.05) is 35.5 Å². The number of carbonyl (C=O) groups excluding carboxylic acids is 1. The lowest BCUT2D eigenvalue weighted by Crippen LogP contribution is -2.47. The van der Waals surface area contributed by atoms with Crippen LogP contribution in [0.1, 0.15) is 36.0 Å². The highest BCUT2D eigenvalue weighted by Gasteiger charge is 2.29. The molecule has 3 rings (SSSR count). The number of piperidine rings is 1. The molecule has 1 aliphatic heterocycles. The van der Waals surface area contributed by atoms with Gasteiger partial charge in [0.15, 0.2) is 5.82 Å². The van der Waals surface area contributed by atoms with Crippen molar-refractivity contribution in [2.24, 2.45) is 5.73 Å². The van der Waals surface area contributed by atoms with Crippen LogP contribution in [0, 0.1) is 6.92 Å². The molecule has 1 aromatic heterocycles. The van der Waals surface area contributed by atoms with E-state index in [1.54, 1.807) is 6.92 Å². The summed E-state index contributed by atoms with van der Waals surface area (Å²) >= 11 is 0. The smallest absolute Gasteiger partial charge is 0.239 e. The number of hydrogen-bond acceptors (Lipinski definition) is 5. The second-order valence-corrected chi connectivity index (χ2v) is 6.07. The molecule has 1 atom stereocenters. The van der Waals surface area contributed by atoms with Crippen LogP contribution in [-0.2, 0) is 11.2 Å². The zero-order valence-electron chi connectivity index (χ0n) is 13.3. The molecule has 23 heavy (non-hydrogen) atoms. The number of rotatable bonds is 4. The van der Waals surface area contributed by atoms with Crippen LogP contribution < -0.4 is 5.73 Å². The minimum atomic E-state index is -0.485. The molecule has 0 radical (unpaired) electrons. The van der Waals surface area contributed by atoms with E-state index in [1.807, 2.05) is 35.2 Å². The lowest BCUT2D eigenvalue weighted by Gasteiger charge is -2.32. The van der Waals surface area contributed by atoms with Crippen molar-refractivity contribution in [3.05, 3.63) is 47.6 Å². The Kier molecular flexibility index (Phi) is 4.71. The average molecular weight is 314 g/mol. The van der Waals surface area contributed by atoms with Crippen molar-refractivity contribution >= 4 is 5.91 Å². The highest BCUT2D eigenvalue weighted by atomic mass is 16.5. The molecule has 2 N–H and O–H groups in total. The van der Waals surface area contributed by atoms with Crippen LogP contribution in [0.4, 0.5) is 0 Å². The van der Waals surface area contributed by atoms with Crippen molar-refractivity contribution < 1.29 is 9.32 Å². The predicted octanol–water partition coefficient (Wildman–Crippen LogP) is 1.65. The standard InChI is InChI=1S/C17H22N4O2/c1-12-19-16(20-23-12)14-7-9-21(10-8-14)17(22)15(18)11-13-5-3-2-4-6-13/h2-6,14-15H,7-11,18H2,1H3/t15-/m0/s1. The van der Waals surface area contributed by atoms with E-state index in [-0.39, 0.29) is 11.8 Å². The van der Waals surface area contributed by atoms with Gasteiger partial charge in [-0.2, -0.15) is 4.98 Å². The molecule has 1 aromatic carbocycles. The van der Waals surface area contributed by atoms with Crippen LogP contribution in [0.3, 0.4) is 0 Å². The quantitative estimate of drug-likeness (QED) is 0.927. The van der Waals surface area contributed by atoms with Gasteiger partial charge in [0.2, 0.25) is 11.8 Å². The van der Waals surface area contributed by atoms with E-state index < -0.39 is 6.04 Å².